The molecule has 0 saturated carbocycles. The normalized spacial score (nSPS) is 11.5. The fourth-order valence-electron chi connectivity index (χ4n) is 2.45. The Hall–Kier alpha value is -2.76. The van der Waals surface area contributed by atoms with Gasteiger partial charge in [-0.15, -0.1) is 0 Å². The van der Waals surface area contributed by atoms with Gasteiger partial charge in [0.25, 0.3) is 11.8 Å². The number of amides is 2. The van der Waals surface area contributed by atoms with Gasteiger partial charge in [0.2, 0.25) is 0 Å². The lowest BCUT2D eigenvalue weighted by Crippen LogP contribution is -2.51. The number of benzene rings is 2. The van der Waals surface area contributed by atoms with E-state index < -0.39 is 23.5 Å². The zero-order chi connectivity index (χ0) is 22.5. The maximum atomic E-state index is 12.4. The predicted molar refractivity (Wildman–Crippen MR) is 126 cm³/mol. The molecule has 3 rings (SSSR count). The van der Waals surface area contributed by atoms with Crippen LogP contribution in [0.1, 0.15) is 17.3 Å². The topological polar surface area (TPSA) is 110 Å². The van der Waals surface area contributed by atoms with Crippen LogP contribution in [0.4, 0.5) is 0 Å². The minimum absolute atomic E-state index is 0.206. The van der Waals surface area contributed by atoms with Gasteiger partial charge in [0.15, 0.2) is 11.2 Å². The first-order valence-electron chi connectivity index (χ1n) is 8.80. The monoisotopic (exact) mass is 567 g/mol. The highest BCUT2D eigenvalue weighted by molar-refractivity contribution is 9.10. The quantitative estimate of drug-likeness (QED) is 0.251. The van der Waals surface area contributed by atoms with Crippen molar-refractivity contribution in [3.8, 4) is 5.75 Å². The van der Waals surface area contributed by atoms with Crippen molar-refractivity contribution in [1.29, 1.82) is 0 Å². The van der Waals surface area contributed by atoms with Crippen molar-refractivity contribution >= 4 is 72.0 Å². The largest absolute Gasteiger partial charge is 0.481 e. The molecular formula is C20H15Br2N3O5S. The van der Waals surface area contributed by atoms with Crippen molar-refractivity contribution in [1.82, 2.24) is 16.2 Å². The van der Waals surface area contributed by atoms with Crippen molar-refractivity contribution in [2.45, 2.75) is 13.0 Å². The van der Waals surface area contributed by atoms with Crippen LogP contribution in [0.25, 0.3) is 11.0 Å². The van der Waals surface area contributed by atoms with Crippen LogP contribution in [0, 0.1) is 0 Å². The number of fused-ring (bicyclic) bond motifs is 1. The fourth-order valence-corrected chi connectivity index (χ4v) is 3.23. The van der Waals surface area contributed by atoms with Crippen LogP contribution in [0.15, 0.2) is 66.7 Å². The van der Waals surface area contributed by atoms with Gasteiger partial charge in [-0.1, -0.05) is 31.9 Å². The molecule has 160 valence electrons. The second-order valence-electron chi connectivity index (χ2n) is 6.24. The van der Waals surface area contributed by atoms with Crippen molar-refractivity contribution in [2.24, 2.45) is 0 Å². The number of nitrogens with one attached hydrogen (secondary N) is 3. The molecule has 2 aromatic carbocycles. The Morgan fingerprint density at radius 1 is 1.03 bits per heavy atom. The molecular weight excluding hydrogens is 554 g/mol. The van der Waals surface area contributed by atoms with E-state index in [1.807, 2.05) is 0 Å². The maximum Gasteiger partial charge on any atom is 0.349 e. The fraction of sp³-hybridized carbons (Fsp3) is 0.100. The van der Waals surface area contributed by atoms with E-state index in [1.54, 1.807) is 49.4 Å². The van der Waals surface area contributed by atoms with Crippen LogP contribution in [0.3, 0.4) is 0 Å². The molecule has 0 radical (unpaired) electrons. The molecule has 1 heterocycles. The van der Waals surface area contributed by atoms with Gasteiger partial charge in [-0.05, 0) is 67.7 Å². The van der Waals surface area contributed by atoms with Gasteiger partial charge in [-0.25, -0.2) is 4.79 Å². The first-order chi connectivity index (χ1) is 14.7. The Morgan fingerprint density at radius 2 is 1.71 bits per heavy atom. The summed E-state index contributed by atoms with van der Waals surface area (Å²) >= 11 is 11.6. The van der Waals surface area contributed by atoms with Gasteiger partial charge >= 0.3 is 5.63 Å². The SMILES string of the molecule is C[C@H](Oc1ccc(Br)cc1)C(=O)NNC(=S)NC(=O)c1cc2cc(Br)ccc2oc1=O. The van der Waals surface area contributed by atoms with E-state index in [0.29, 0.717) is 16.7 Å². The number of halogens is 2. The summed E-state index contributed by atoms with van der Waals surface area (Å²) in [5.41, 5.74) is 4.04. The lowest BCUT2D eigenvalue weighted by Gasteiger charge is -2.16. The lowest BCUT2D eigenvalue weighted by molar-refractivity contribution is -0.127. The summed E-state index contributed by atoms with van der Waals surface area (Å²) in [7, 11) is 0. The van der Waals surface area contributed by atoms with Crippen molar-refractivity contribution in [3.05, 3.63) is 73.5 Å². The van der Waals surface area contributed by atoms with Crippen LogP contribution < -0.4 is 26.5 Å². The standard InChI is InChI=1S/C20H15Br2N3O5S/c1-10(29-14-5-2-12(21)3-6-14)17(26)24-25-20(31)23-18(27)15-9-11-8-13(22)4-7-16(11)30-19(15)28/h2-10H,1H3,(H,24,26)(H2,23,25,27,31)/t10-/m0/s1. The molecule has 0 fully saturated rings. The molecule has 11 heteroatoms. The van der Waals surface area contributed by atoms with Gasteiger partial charge < -0.3 is 9.15 Å². The number of ether oxygens (including phenoxy) is 1. The third-order valence-corrected chi connectivity index (χ3v) is 5.19. The smallest absolute Gasteiger partial charge is 0.349 e. The van der Waals surface area contributed by atoms with Gasteiger partial charge in [0, 0.05) is 14.3 Å². The van der Waals surface area contributed by atoms with Crippen molar-refractivity contribution in [2.75, 3.05) is 0 Å². The number of hydrogen-bond donors (Lipinski definition) is 3. The number of hydrazine groups is 1. The number of thiocarbonyl (C=S) groups is 1. The zero-order valence-electron chi connectivity index (χ0n) is 15.9. The number of rotatable bonds is 4. The molecule has 31 heavy (non-hydrogen) atoms. The van der Waals surface area contributed by atoms with Crippen LogP contribution in [-0.2, 0) is 4.79 Å². The molecule has 1 atom stereocenters. The average molecular weight is 569 g/mol. The third kappa shape index (κ3) is 6.12. The molecule has 3 aromatic rings. The molecule has 3 N–H and O–H groups in total. The van der Waals surface area contributed by atoms with Crippen LogP contribution in [-0.4, -0.2) is 23.0 Å². The summed E-state index contributed by atoms with van der Waals surface area (Å²) in [6.45, 7) is 1.55. The van der Waals surface area contributed by atoms with Crippen molar-refractivity contribution in [3.63, 3.8) is 0 Å². The molecule has 8 nitrogen and oxygen atoms in total. The Labute approximate surface area is 198 Å². The van der Waals surface area contributed by atoms with Gasteiger partial charge in [-0.3, -0.25) is 25.8 Å². The van der Waals surface area contributed by atoms with E-state index in [1.165, 1.54) is 6.07 Å². The maximum absolute atomic E-state index is 12.4. The van der Waals surface area contributed by atoms with E-state index in [0.717, 1.165) is 8.95 Å². The number of carbonyl (C=O) groups excluding carboxylic acids is 2. The lowest BCUT2D eigenvalue weighted by atomic mass is 10.2. The summed E-state index contributed by atoms with van der Waals surface area (Å²) in [4.78, 5) is 36.7. The summed E-state index contributed by atoms with van der Waals surface area (Å²) in [5, 5.41) is 2.67. The van der Waals surface area contributed by atoms with Gasteiger partial charge in [0.05, 0.1) is 0 Å². The minimum Gasteiger partial charge on any atom is -0.481 e. The van der Waals surface area contributed by atoms with E-state index >= 15 is 0 Å². The summed E-state index contributed by atoms with van der Waals surface area (Å²) in [5.74, 6) is -0.785. The molecule has 0 aliphatic carbocycles. The molecule has 2 amide bonds. The molecule has 0 aliphatic rings. The molecule has 0 saturated heterocycles. The third-order valence-electron chi connectivity index (χ3n) is 3.96. The second-order valence-corrected chi connectivity index (χ2v) is 8.48. The Kier molecular flexibility index (Phi) is 7.42. The molecule has 0 bridgehead atoms. The Morgan fingerprint density at radius 3 is 2.42 bits per heavy atom. The van der Waals surface area contributed by atoms with Crippen LogP contribution in [0.5, 0.6) is 5.75 Å². The van der Waals surface area contributed by atoms with E-state index in [4.69, 9.17) is 21.4 Å². The zero-order valence-corrected chi connectivity index (χ0v) is 19.9. The van der Waals surface area contributed by atoms with Crippen LogP contribution in [0.2, 0.25) is 0 Å². The molecule has 0 spiro atoms. The molecule has 1 aromatic heterocycles. The van der Waals surface area contributed by atoms with Gasteiger partial charge in [-0.2, -0.15) is 0 Å². The predicted octanol–water partition coefficient (Wildman–Crippen LogP) is 3.42. The average Bonchev–Trinajstić information content (AvgIpc) is 2.73. The highest BCUT2D eigenvalue weighted by Gasteiger charge is 2.17. The van der Waals surface area contributed by atoms with E-state index in [-0.39, 0.29) is 10.7 Å². The molecule has 0 aliphatic heterocycles. The minimum atomic E-state index is -0.835. The summed E-state index contributed by atoms with van der Waals surface area (Å²) in [6, 6.07) is 13.4. The van der Waals surface area contributed by atoms with E-state index in [9.17, 15) is 14.4 Å². The Bertz CT molecular complexity index is 1210. The molecule has 0 unspecified atom stereocenters. The van der Waals surface area contributed by atoms with Crippen LogP contribution >= 0.6 is 44.1 Å². The summed E-state index contributed by atoms with van der Waals surface area (Å²) < 4.78 is 12.3. The van der Waals surface area contributed by atoms with Gasteiger partial charge in [0.1, 0.15) is 16.9 Å². The number of carbonyl (C=O) groups is 2. The summed E-state index contributed by atoms with van der Waals surface area (Å²) in [6.07, 6.45) is -0.835. The first-order valence-corrected chi connectivity index (χ1v) is 10.8. The Balaban J connectivity index is 1.56. The highest BCUT2D eigenvalue weighted by atomic mass is 79.9. The van der Waals surface area contributed by atoms with E-state index in [2.05, 4.69) is 48.0 Å². The second kappa shape index (κ2) is 10.0. The first kappa shape index (κ1) is 22.9. The highest BCUT2D eigenvalue weighted by Crippen LogP contribution is 2.19. The number of hydrogen-bond acceptors (Lipinski definition) is 6. The van der Waals surface area contributed by atoms with Crippen molar-refractivity contribution < 1.29 is 18.7 Å².